The number of sulfonamides is 1. The van der Waals surface area contributed by atoms with Gasteiger partial charge in [0, 0.05) is 18.2 Å². The summed E-state index contributed by atoms with van der Waals surface area (Å²) in [6, 6.07) is 2.84. The van der Waals surface area contributed by atoms with Gasteiger partial charge >= 0.3 is 0 Å². The van der Waals surface area contributed by atoms with Crippen molar-refractivity contribution in [2.24, 2.45) is 5.73 Å². The number of nitrogens with one attached hydrogen (secondary N) is 1. The normalized spacial score (nSPS) is 22.3. The molecule has 0 spiro atoms. The van der Waals surface area contributed by atoms with E-state index in [4.69, 9.17) is 10.5 Å². The molecule has 0 saturated heterocycles. The fraction of sp³-hybridized carbons (Fsp3) is 0.538. The largest absolute Gasteiger partial charge is 0.495 e. The number of ether oxygens (including phenoxy) is 1. The average molecular weight is 329 g/mol. The number of nitrogens with two attached hydrogens (primary N) is 1. The predicted octanol–water partition coefficient (Wildman–Crippen LogP) is 1.15. The Hall–Kier alpha value is -1.71. The Morgan fingerprint density at radius 3 is 2.64 bits per heavy atom. The molecule has 0 radical (unpaired) electrons. The van der Waals surface area contributed by atoms with Crippen LogP contribution < -0.4 is 15.2 Å². The molecule has 1 aliphatic carbocycles. The Morgan fingerprint density at radius 1 is 1.36 bits per heavy atom. The van der Waals surface area contributed by atoms with E-state index < -0.39 is 14.9 Å². The third-order valence-corrected chi connectivity index (χ3v) is 5.30. The topological polar surface area (TPSA) is 125 Å². The van der Waals surface area contributed by atoms with Crippen LogP contribution in [0.1, 0.15) is 25.7 Å². The molecular weight excluding hydrogens is 310 g/mol. The first-order valence-corrected chi connectivity index (χ1v) is 8.44. The van der Waals surface area contributed by atoms with Gasteiger partial charge in [0.2, 0.25) is 10.0 Å². The van der Waals surface area contributed by atoms with Gasteiger partial charge in [-0.25, -0.2) is 13.1 Å². The number of rotatable bonds is 5. The maximum Gasteiger partial charge on any atom is 0.273 e. The van der Waals surface area contributed by atoms with Gasteiger partial charge in [0.15, 0.2) is 0 Å². The van der Waals surface area contributed by atoms with E-state index in [2.05, 4.69) is 4.72 Å². The lowest BCUT2D eigenvalue weighted by Gasteiger charge is -2.29. The minimum absolute atomic E-state index is 0.0638. The number of nitro groups is 1. The van der Waals surface area contributed by atoms with Gasteiger partial charge in [0.05, 0.1) is 18.1 Å². The van der Waals surface area contributed by atoms with Gasteiger partial charge in [0.25, 0.3) is 5.69 Å². The average Bonchev–Trinajstić information content (AvgIpc) is 2.48. The Bertz CT molecular complexity index is 662. The lowest BCUT2D eigenvalue weighted by molar-refractivity contribution is -0.385. The summed E-state index contributed by atoms with van der Waals surface area (Å²) in [4.78, 5) is 10.0. The number of nitro benzene ring substituents is 1. The van der Waals surface area contributed by atoms with Crippen molar-refractivity contribution in [2.75, 3.05) is 7.11 Å². The molecule has 8 nitrogen and oxygen atoms in total. The maximum atomic E-state index is 12.5. The van der Waals surface area contributed by atoms with Crippen molar-refractivity contribution in [1.82, 2.24) is 4.72 Å². The molecule has 122 valence electrons. The predicted molar refractivity (Wildman–Crippen MR) is 80.2 cm³/mol. The zero-order chi connectivity index (χ0) is 16.3. The van der Waals surface area contributed by atoms with Crippen LogP contribution in [-0.4, -0.2) is 32.5 Å². The van der Waals surface area contributed by atoms with Gasteiger partial charge in [-0.2, -0.15) is 0 Å². The van der Waals surface area contributed by atoms with E-state index >= 15 is 0 Å². The molecular formula is C13H19N3O5S. The van der Waals surface area contributed by atoms with Crippen LogP contribution in [0, 0.1) is 10.1 Å². The minimum atomic E-state index is -3.86. The van der Waals surface area contributed by atoms with Crippen molar-refractivity contribution < 1.29 is 18.1 Å². The molecule has 22 heavy (non-hydrogen) atoms. The first-order valence-electron chi connectivity index (χ1n) is 6.95. The van der Waals surface area contributed by atoms with Crippen LogP contribution in [0.3, 0.4) is 0 Å². The zero-order valence-corrected chi connectivity index (χ0v) is 13.0. The van der Waals surface area contributed by atoms with Gasteiger partial charge in [-0.3, -0.25) is 10.1 Å². The summed E-state index contributed by atoms with van der Waals surface area (Å²) in [5.74, 6) is -0.0638. The third kappa shape index (κ3) is 3.54. The molecule has 1 aromatic rings. The summed E-state index contributed by atoms with van der Waals surface area (Å²) in [7, 11) is -2.59. The molecule has 0 unspecified atom stereocenters. The first-order chi connectivity index (χ1) is 10.3. The second kappa shape index (κ2) is 6.59. The van der Waals surface area contributed by atoms with E-state index in [1.807, 2.05) is 0 Å². The van der Waals surface area contributed by atoms with Crippen molar-refractivity contribution in [1.29, 1.82) is 0 Å². The van der Waals surface area contributed by atoms with Crippen LogP contribution in [0.25, 0.3) is 0 Å². The molecule has 0 amide bonds. The molecule has 3 N–H and O–H groups in total. The Kier molecular flexibility index (Phi) is 4.99. The van der Waals surface area contributed by atoms with Gasteiger partial charge in [-0.15, -0.1) is 0 Å². The molecule has 1 fully saturated rings. The molecule has 0 aliphatic heterocycles. The second-order valence-electron chi connectivity index (χ2n) is 5.27. The quantitative estimate of drug-likeness (QED) is 0.617. The molecule has 1 aliphatic rings. The Morgan fingerprint density at radius 2 is 2.05 bits per heavy atom. The van der Waals surface area contributed by atoms with Gasteiger partial charge in [0.1, 0.15) is 10.6 Å². The fourth-order valence-electron chi connectivity index (χ4n) is 2.56. The van der Waals surface area contributed by atoms with Crippen molar-refractivity contribution >= 4 is 15.7 Å². The van der Waals surface area contributed by atoms with E-state index in [9.17, 15) is 18.5 Å². The SMILES string of the molecule is COc1cc([N+](=O)[O-])ccc1S(=O)(=O)N[C@@H]1CCCC[C@H]1N. The molecule has 1 aromatic carbocycles. The second-order valence-corrected chi connectivity index (χ2v) is 6.95. The number of non-ortho nitro benzene ring substituents is 1. The van der Waals surface area contributed by atoms with E-state index in [0.717, 1.165) is 31.4 Å². The van der Waals surface area contributed by atoms with Crippen molar-refractivity contribution in [3.63, 3.8) is 0 Å². The Labute approximate surface area is 128 Å². The van der Waals surface area contributed by atoms with Gasteiger partial charge in [-0.05, 0) is 18.9 Å². The van der Waals surface area contributed by atoms with Crippen LogP contribution in [-0.2, 0) is 10.0 Å². The number of benzene rings is 1. The molecule has 1 saturated carbocycles. The molecule has 9 heteroatoms. The molecule has 2 atom stereocenters. The number of methoxy groups -OCH3 is 1. The maximum absolute atomic E-state index is 12.5. The van der Waals surface area contributed by atoms with Gasteiger partial charge < -0.3 is 10.5 Å². The summed E-state index contributed by atoms with van der Waals surface area (Å²) in [6.07, 6.45) is 3.35. The van der Waals surface area contributed by atoms with Crippen LogP contribution in [0.2, 0.25) is 0 Å². The lowest BCUT2D eigenvalue weighted by Crippen LogP contribution is -2.49. The lowest BCUT2D eigenvalue weighted by atomic mass is 9.92. The first kappa shape index (κ1) is 16.7. The molecule has 0 bridgehead atoms. The highest BCUT2D eigenvalue weighted by molar-refractivity contribution is 7.89. The van der Waals surface area contributed by atoms with E-state index in [1.165, 1.54) is 13.2 Å². The third-order valence-electron chi connectivity index (χ3n) is 3.77. The highest BCUT2D eigenvalue weighted by Crippen LogP contribution is 2.29. The number of hydrogen-bond donors (Lipinski definition) is 2. The highest BCUT2D eigenvalue weighted by Gasteiger charge is 2.29. The van der Waals surface area contributed by atoms with E-state index in [0.29, 0.717) is 6.42 Å². The summed E-state index contributed by atoms with van der Waals surface area (Å²) < 4.78 is 32.5. The summed E-state index contributed by atoms with van der Waals surface area (Å²) in [5.41, 5.74) is 5.72. The van der Waals surface area contributed by atoms with Crippen LogP contribution >= 0.6 is 0 Å². The monoisotopic (exact) mass is 329 g/mol. The molecule has 0 aromatic heterocycles. The fourth-order valence-corrected chi connectivity index (χ4v) is 4.03. The summed E-state index contributed by atoms with van der Waals surface area (Å²) in [5, 5.41) is 10.8. The Balaban J connectivity index is 2.30. The van der Waals surface area contributed by atoms with Crippen molar-refractivity contribution in [3.8, 4) is 5.75 Å². The van der Waals surface area contributed by atoms with E-state index in [1.54, 1.807) is 0 Å². The zero-order valence-electron chi connectivity index (χ0n) is 12.2. The number of hydrogen-bond acceptors (Lipinski definition) is 6. The van der Waals surface area contributed by atoms with Gasteiger partial charge in [-0.1, -0.05) is 12.8 Å². The standard InChI is InChI=1S/C13H19N3O5S/c1-21-12-8-9(16(17)18)6-7-13(12)22(19,20)15-11-5-3-2-4-10(11)14/h6-8,10-11,15H,2-5,14H2,1H3/t10-,11-/m1/s1. The smallest absolute Gasteiger partial charge is 0.273 e. The number of nitrogens with zero attached hydrogens (tertiary/aromatic N) is 1. The highest BCUT2D eigenvalue weighted by atomic mass is 32.2. The molecule has 2 rings (SSSR count). The van der Waals surface area contributed by atoms with Crippen LogP contribution in [0.4, 0.5) is 5.69 Å². The molecule has 0 heterocycles. The van der Waals surface area contributed by atoms with Crippen molar-refractivity contribution in [2.45, 2.75) is 42.7 Å². The van der Waals surface area contributed by atoms with Crippen LogP contribution in [0.5, 0.6) is 5.75 Å². The van der Waals surface area contributed by atoms with Crippen LogP contribution in [0.15, 0.2) is 23.1 Å². The minimum Gasteiger partial charge on any atom is -0.495 e. The summed E-state index contributed by atoms with van der Waals surface area (Å²) >= 11 is 0. The van der Waals surface area contributed by atoms with E-state index in [-0.39, 0.29) is 28.4 Å². The summed E-state index contributed by atoms with van der Waals surface area (Å²) in [6.45, 7) is 0. The van der Waals surface area contributed by atoms with Crippen molar-refractivity contribution in [3.05, 3.63) is 28.3 Å².